The summed E-state index contributed by atoms with van der Waals surface area (Å²) in [6.07, 6.45) is 1.50. The topological polar surface area (TPSA) is 48.7 Å². The lowest BCUT2D eigenvalue weighted by Crippen LogP contribution is -2.02. The Morgan fingerprint density at radius 2 is 1.72 bits per heavy atom. The largest absolute Gasteiger partial charge is 0.497 e. The van der Waals surface area contributed by atoms with Gasteiger partial charge in [0.2, 0.25) is 0 Å². The molecule has 1 heterocycles. The van der Waals surface area contributed by atoms with Crippen LogP contribution in [0.1, 0.15) is 21.7 Å². The van der Waals surface area contributed by atoms with Gasteiger partial charge >= 0.3 is 0 Å². The Bertz CT molecular complexity index is 547. The van der Waals surface area contributed by atoms with Gasteiger partial charge in [-0.2, -0.15) is 0 Å². The molecule has 0 radical (unpaired) electrons. The summed E-state index contributed by atoms with van der Waals surface area (Å²) in [5, 5.41) is 0. The molecule has 0 unspecified atom stereocenters. The first-order valence-electron chi connectivity index (χ1n) is 5.47. The summed E-state index contributed by atoms with van der Waals surface area (Å²) in [7, 11) is 3.10. The predicted octanol–water partition coefficient (Wildman–Crippen LogP) is 2.84. The number of rotatable bonds is 4. The lowest BCUT2D eigenvalue weighted by Gasteiger charge is -2.07. The molecule has 4 heteroatoms. The number of hydrogen-bond acceptors (Lipinski definition) is 4. The average Bonchev–Trinajstić information content (AvgIpc) is 2.83. The molecule has 2 aromatic rings. The zero-order valence-corrected chi connectivity index (χ0v) is 10.5. The molecule has 94 valence electrons. The van der Waals surface area contributed by atoms with Gasteiger partial charge in [-0.15, -0.1) is 0 Å². The van der Waals surface area contributed by atoms with E-state index in [9.17, 15) is 4.79 Å². The van der Waals surface area contributed by atoms with Gasteiger partial charge in [-0.1, -0.05) is 0 Å². The minimum atomic E-state index is -0.113. The van der Waals surface area contributed by atoms with Gasteiger partial charge in [0.15, 0.2) is 5.78 Å². The third-order valence-corrected chi connectivity index (χ3v) is 2.72. The highest BCUT2D eigenvalue weighted by Gasteiger charge is 2.15. The van der Waals surface area contributed by atoms with Gasteiger partial charge in [0, 0.05) is 11.6 Å². The maximum absolute atomic E-state index is 12.3. The summed E-state index contributed by atoms with van der Waals surface area (Å²) < 4.78 is 15.4. The van der Waals surface area contributed by atoms with Crippen molar-refractivity contribution in [1.82, 2.24) is 0 Å². The normalized spacial score (nSPS) is 10.2. The summed E-state index contributed by atoms with van der Waals surface area (Å²) in [4.78, 5) is 12.3. The van der Waals surface area contributed by atoms with E-state index in [1.165, 1.54) is 6.26 Å². The molecule has 4 nitrogen and oxygen atoms in total. The monoisotopic (exact) mass is 246 g/mol. The van der Waals surface area contributed by atoms with Crippen LogP contribution in [-0.2, 0) is 0 Å². The van der Waals surface area contributed by atoms with E-state index in [-0.39, 0.29) is 5.78 Å². The van der Waals surface area contributed by atoms with Crippen molar-refractivity contribution >= 4 is 5.78 Å². The minimum absolute atomic E-state index is 0.113. The molecule has 18 heavy (non-hydrogen) atoms. The summed E-state index contributed by atoms with van der Waals surface area (Å²) in [6, 6.07) is 6.73. The minimum Gasteiger partial charge on any atom is -0.497 e. The van der Waals surface area contributed by atoms with Crippen LogP contribution in [0.5, 0.6) is 11.5 Å². The van der Waals surface area contributed by atoms with Crippen molar-refractivity contribution in [3.05, 3.63) is 47.4 Å². The Balaban J connectivity index is 2.44. The van der Waals surface area contributed by atoms with Gasteiger partial charge in [0.1, 0.15) is 17.3 Å². The second-order valence-corrected chi connectivity index (χ2v) is 3.82. The first-order chi connectivity index (χ1) is 8.65. The summed E-state index contributed by atoms with van der Waals surface area (Å²) in [5.74, 6) is 1.65. The van der Waals surface area contributed by atoms with Gasteiger partial charge in [0.05, 0.1) is 26.0 Å². The number of carbonyl (C=O) groups is 1. The van der Waals surface area contributed by atoms with Crippen LogP contribution in [0.3, 0.4) is 0 Å². The molecule has 1 aromatic carbocycles. The van der Waals surface area contributed by atoms with Crippen LogP contribution >= 0.6 is 0 Å². The number of aryl methyl sites for hydroxylation is 1. The molecular weight excluding hydrogens is 232 g/mol. The highest BCUT2D eigenvalue weighted by Crippen LogP contribution is 2.25. The Morgan fingerprint density at radius 1 is 1.11 bits per heavy atom. The molecule has 0 saturated heterocycles. The van der Waals surface area contributed by atoms with Gasteiger partial charge in [-0.25, -0.2) is 0 Å². The Morgan fingerprint density at radius 3 is 2.17 bits per heavy atom. The van der Waals surface area contributed by atoms with Crippen molar-refractivity contribution in [2.24, 2.45) is 0 Å². The third-order valence-electron chi connectivity index (χ3n) is 2.72. The van der Waals surface area contributed by atoms with Gasteiger partial charge in [-0.3, -0.25) is 4.79 Å². The zero-order valence-electron chi connectivity index (χ0n) is 10.5. The molecule has 0 N–H and O–H groups in total. The van der Waals surface area contributed by atoms with Crippen molar-refractivity contribution in [2.75, 3.05) is 14.2 Å². The fourth-order valence-corrected chi connectivity index (χ4v) is 1.71. The number of hydrogen-bond donors (Lipinski definition) is 0. The Hall–Kier alpha value is -2.23. The average molecular weight is 246 g/mol. The van der Waals surface area contributed by atoms with Crippen LogP contribution in [-0.4, -0.2) is 20.0 Å². The quantitative estimate of drug-likeness (QED) is 0.778. The SMILES string of the molecule is COc1cc(OC)cc(C(=O)c2ccoc2C)c1. The van der Waals surface area contributed by atoms with E-state index < -0.39 is 0 Å². The van der Waals surface area contributed by atoms with Crippen molar-refractivity contribution in [1.29, 1.82) is 0 Å². The lowest BCUT2D eigenvalue weighted by atomic mass is 10.0. The highest BCUT2D eigenvalue weighted by molar-refractivity contribution is 6.10. The molecular formula is C14H14O4. The molecule has 1 aromatic heterocycles. The molecule has 0 aliphatic carbocycles. The van der Waals surface area contributed by atoms with Crippen LogP contribution in [0.2, 0.25) is 0 Å². The third kappa shape index (κ3) is 2.22. The molecule has 0 fully saturated rings. The number of carbonyl (C=O) groups excluding carboxylic acids is 1. The molecule has 0 aliphatic heterocycles. The maximum Gasteiger partial charge on any atom is 0.196 e. The van der Waals surface area contributed by atoms with E-state index in [0.717, 1.165) is 0 Å². The van der Waals surface area contributed by atoms with Gasteiger partial charge < -0.3 is 13.9 Å². The highest BCUT2D eigenvalue weighted by atomic mass is 16.5. The smallest absolute Gasteiger partial charge is 0.196 e. The summed E-state index contributed by atoms with van der Waals surface area (Å²) in [6.45, 7) is 1.75. The van der Waals surface area contributed by atoms with Crippen LogP contribution in [0.4, 0.5) is 0 Å². The van der Waals surface area contributed by atoms with Gasteiger partial charge in [-0.05, 0) is 25.1 Å². The molecule has 0 spiro atoms. The second-order valence-electron chi connectivity index (χ2n) is 3.82. The van der Waals surface area contributed by atoms with E-state index >= 15 is 0 Å². The van der Waals surface area contributed by atoms with Crippen molar-refractivity contribution < 1.29 is 18.7 Å². The van der Waals surface area contributed by atoms with Crippen LogP contribution in [0, 0.1) is 6.92 Å². The second kappa shape index (κ2) is 4.96. The summed E-state index contributed by atoms with van der Waals surface area (Å²) in [5.41, 5.74) is 1.06. The van der Waals surface area contributed by atoms with Crippen molar-refractivity contribution in [2.45, 2.75) is 6.92 Å². The maximum atomic E-state index is 12.3. The lowest BCUT2D eigenvalue weighted by molar-refractivity contribution is 0.103. The van der Waals surface area contributed by atoms with E-state index in [4.69, 9.17) is 13.9 Å². The molecule has 2 rings (SSSR count). The van der Waals surface area contributed by atoms with Crippen LogP contribution < -0.4 is 9.47 Å². The molecule has 0 atom stereocenters. The molecule has 0 saturated carbocycles. The van der Waals surface area contributed by atoms with Crippen molar-refractivity contribution in [3.63, 3.8) is 0 Å². The van der Waals surface area contributed by atoms with Crippen molar-refractivity contribution in [3.8, 4) is 11.5 Å². The van der Waals surface area contributed by atoms with Crippen LogP contribution in [0.15, 0.2) is 34.9 Å². The molecule has 0 bridgehead atoms. The zero-order chi connectivity index (χ0) is 13.1. The van der Waals surface area contributed by atoms with E-state index in [0.29, 0.717) is 28.4 Å². The Labute approximate surface area is 105 Å². The predicted molar refractivity (Wildman–Crippen MR) is 66.4 cm³/mol. The molecule has 0 aliphatic rings. The van der Waals surface area contributed by atoms with E-state index in [1.54, 1.807) is 45.4 Å². The number of furan rings is 1. The first-order valence-corrected chi connectivity index (χ1v) is 5.47. The van der Waals surface area contributed by atoms with Gasteiger partial charge in [0.25, 0.3) is 0 Å². The summed E-state index contributed by atoms with van der Waals surface area (Å²) >= 11 is 0. The van der Waals surface area contributed by atoms with Crippen LogP contribution in [0.25, 0.3) is 0 Å². The number of methoxy groups -OCH3 is 2. The fourth-order valence-electron chi connectivity index (χ4n) is 1.71. The first kappa shape index (κ1) is 12.2. The number of ketones is 1. The van der Waals surface area contributed by atoms with E-state index in [1.807, 2.05) is 0 Å². The fraction of sp³-hybridized carbons (Fsp3) is 0.214. The Kier molecular flexibility index (Phi) is 3.37. The number of benzene rings is 1. The standard InChI is InChI=1S/C14H14O4/c1-9-13(4-5-18-9)14(15)10-6-11(16-2)8-12(7-10)17-3/h4-8H,1-3H3. The molecule has 0 amide bonds. The number of ether oxygens (including phenoxy) is 2. The van der Waals surface area contributed by atoms with E-state index in [2.05, 4.69) is 0 Å².